The van der Waals surface area contributed by atoms with E-state index in [1.165, 1.54) is 0 Å². The van der Waals surface area contributed by atoms with Gasteiger partial charge in [0, 0.05) is 12.1 Å². The topological polar surface area (TPSA) is 50.4 Å². The fraction of sp³-hybridized carbons (Fsp3) is 0.533. The summed E-state index contributed by atoms with van der Waals surface area (Å²) in [6, 6.07) is 7.80. The maximum Gasteiger partial charge on any atom is 0.225 e. The number of carbonyl (C=O) groups excluding carboxylic acids is 1. The Morgan fingerprint density at radius 1 is 1.40 bits per heavy atom. The highest BCUT2D eigenvalue weighted by molar-refractivity contribution is 5.85. The van der Waals surface area contributed by atoms with Crippen LogP contribution in [0, 0.1) is 5.92 Å². The van der Waals surface area contributed by atoms with Gasteiger partial charge in [0.05, 0.1) is 18.6 Å². The van der Waals surface area contributed by atoms with E-state index in [9.17, 15) is 4.79 Å². The van der Waals surface area contributed by atoms with Gasteiger partial charge in [-0.3, -0.25) is 4.79 Å². The summed E-state index contributed by atoms with van der Waals surface area (Å²) in [4.78, 5) is 12.2. The van der Waals surface area contributed by atoms with Crippen LogP contribution in [0.1, 0.15) is 25.8 Å². The van der Waals surface area contributed by atoms with Crippen molar-refractivity contribution in [1.82, 2.24) is 10.6 Å². The first-order valence-electron chi connectivity index (χ1n) is 6.71. The molecule has 112 valence electrons. The maximum absolute atomic E-state index is 12.2. The van der Waals surface area contributed by atoms with Gasteiger partial charge in [-0.25, -0.2) is 0 Å². The highest BCUT2D eigenvalue weighted by atomic mass is 35.5. The maximum atomic E-state index is 12.2. The first-order chi connectivity index (χ1) is 9.04. The summed E-state index contributed by atoms with van der Waals surface area (Å²) in [6.07, 6.45) is 0.911. The molecule has 0 bridgehead atoms. The third-order valence-corrected chi connectivity index (χ3v) is 3.65. The molecule has 0 spiro atoms. The Morgan fingerprint density at radius 2 is 2.10 bits per heavy atom. The molecule has 1 fully saturated rings. The Labute approximate surface area is 126 Å². The second-order valence-corrected chi connectivity index (χ2v) is 5.50. The fourth-order valence-corrected chi connectivity index (χ4v) is 2.52. The van der Waals surface area contributed by atoms with E-state index >= 15 is 0 Å². The molecule has 20 heavy (non-hydrogen) atoms. The molecule has 1 unspecified atom stereocenters. The van der Waals surface area contributed by atoms with E-state index < -0.39 is 5.54 Å². The van der Waals surface area contributed by atoms with Crippen LogP contribution in [0.2, 0.25) is 0 Å². The third kappa shape index (κ3) is 3.64. The van der Waals surface area contributed by atoms with E-state index in [1.807, 2.05) is 38.1 Å². The van der Waals surface area contributed by atoms with Crippen molar-refractivity contribution < 1.29 is 9.53 Å². The summed E-state index contributed by atoms with van der Waals surface area (Å²) in [5.41, 5.74) is 0.559. The number of rotatable bonds is 4. The summed E-state index contributed by atoms with van der Waals surface area (Å²) < 4.78 is 5.38. The molecule has 4 nitrogen and oxygen atoms in total. The van der Waals surface area contributed by atoms with Gasteiger partial charge in [-0.2, -0.15) is 0 Å². The van der Waals surface area contributed by atoms with Crippen molar-refractivity contribution in [2.45, 2.75) is 25.8 Å². The second-order valence-electron chi connectivity index (χ2n) is 5.50. The number of para-hydroxylation sites is 1. The Morgan fingerprint density at radius 3 is 2.70 bits per heavy atom. The summed E-state index contributed by atoms with van der Waals surface area (Å²) in [5.74, 6) is 0.993. The summed E-state index contributed by atoms with van der Waals surface area (Å²) in [5, 5.41) is 6.35. The van der Waals surface area contributed by atoms with Gasteiger partial charge in [0.1, 0.15) is 5.75 Å². The van der Waals surface area contributed by atoms with E-state index in [0.717, 1.165) is 30.8 Å². The van der Waals surface area contributed by atoms with Crippen LogP contribution in [0.3, 0.4) is 0 Å². The number of nitrogens with one attached hydrogen (secondary N) is 2. The van der Waals surface area contributed by atoms with Crippen molar-refractivity contribution in [2.24, 2.45) is 5.92 Å². The van der Waals surface area contributed by atoms with Crippen LogP contribution in [-0.4, -0.2) is 26.1 Å². The molecular weight excluding hydrogens is 276 g/mol. The lowest BCUT2D eigenvalue weighted by molar-refractivity contribution is -0.126. The predicted octanol–water partition coefficient (Wildman–Crippen LogP) is 2.08. The van der Waals surface area contributed by atoms with E-state index in [0.29, 0.717) is 0 Å². The molecule has 1 heterocycles. The van der Waals surface area contributed by atoms with Gasteiger partial charge < -0.3 is 15.4 Å². The van der Waals surface area contributed by atoms with Crippen LogP contribution in [0.25, 0.3) is 0 Å². The molecule has 1 saturated heterocycles. The molecule has 0 aromatic heterocycles. The molecule has 1 aromatic rings. The van der Waals surface area contributed by atoms with Crippen molar-refractivity contribution >= 4 is 18.3 Å². The van der Waals surface area contributed by atoms with E-state index in [-0.39, 0.29) is 24.2 Å². The first kappa shape index (κ1) is 16.8. The quantitative estimate of drug-likeness (QED) is 0.895. The number of ether oxygens (including phenoxy) is 1. The molecule has 1 atom stereocenters. The zero-order valence-electron chi connectivity index (χ0n) is 12.2. The lowest BCUT2D eigenvalue weighted by Gasteiger charge is -2.29. The number of carbonyl (C=O) groups is 1. The summed E-state index contributed by atoms with van der Waals surface area (Å²) >= 11 is 0. The monoisotopic (exact) mass is 298 g/mol. The van der Waals surface area contributed by atoms with Gasteiger partial charge in [-0.1, -0.05) is 18.2 Å². The highest BCUT2D eigenvalue weighted by Crippen LogP contribution is 2.29. The minimum Gasteiger partial charge on any atom is -0.496 e. The van der Waals surface area contributed by atoms with Crippen LogP contribution in [0.4, 0.5) is 0 Å². The molecule has 2 N–H and O–H groups in total. The van der Waals surface area contributed by atoms with Crippen LogP contribution in [0.15, 0.2) is 24.3 Å². The molecule has 0 saturated carbocycles. The lowest BCUT2D eigenvalue weighted by atomic mass is 9.92. The number of hydrogen-bond donors (Lipinski definition) is 2. The second kappa shape index (κ2) is 6.95. The van der Waals surface area contributed by atoms with Gasteiger partial charge in [-0.05, 0) is 32.9 Å². The van der Waals surface area contributed by atoms with Crippen LogP contribution in [-0.2, 0) is 10.3 Å². The Balaban J connectivity index is 0.00000200. The van der Waals surface area contributed by atoms with Gasteiger partial charge in [-0.15, -0.1) is 12.4 Å². The average Bonchev–Trinajstić information content (AvgIpc) is 2.92. The van der Waals surface area contributed by atoms with Crippen molar-refractivity contribution in [2.75, 3.05) is 20.2 Å². The zero-order valence-corrected chi connectivity index (χ0v) is 13.0. The van der Waals surface area contributed by atoms with Crippen molar-refractivity contribution in [1.29, 1.82) is 0 Å². The Hall–Kier alpha value is -1.26. The standard InChI is InChI=1S/C15H22N2O2.ClH/c1-15(2,12-6-4-5-7-13(12)19-3)17-14(18)11-8-9-16-10-11;/h4-7,11,16H,8-10H2,1-3H3,(H,17,18);1H. The fourth-order valence-electron chi connectivity index (χ4n) is 2.52. The minimum atomic E-state index is -0.438. The first-order valence-corrected chi connectivity index (χ1v) is 6.71. The van der Waals surface area contributed by atoms with Crippen molar-refractivity contribution in [3.63, 3.8) is 0 Å². The van der Waals surface area contributed by atoms with Gasteiger partial charge in [0.2, 0.25) is 5.91 Å². The minimum absolute atomic E-state index is 0. The molecule has 1 amide bonds. The number of methoxy groups -OCH3 is 1. The smallest absolute Gasteiger partial charge is 0.225 e. The van der Waals surface area contributed by atoms with Gasteiger partial charge >= 0.3 is 0 Å². The molecule has 1 aliphatic rings. The SMILES string of the molecule is COc1ccccc1C(C)(C)NC(=O)C1CCNC1.Cl. The zero-order chi connectivity index (χ0) is 13.9. The predicted molar refractivity (Wildman–Crippen MR) is 82.4 cm³/mol. The molecule has 2 rings (SSSR count). The molecule has 5 heteroatoms. The van der Waals surface area contributed by atoms with Gasteiger partial charge in [0.15, 0.2) is 0 Å². The van der Waals surface area contributed by atoms with Crippen molar-refractivity contribution in [3.8, 4) is 5.75 Å². The van der Waals surface area contributed by atoms with E-state index in [1.54, 1.807) is 7.11 Å². The van der Waals surface area contributed by atoms with Gasteiger partial charge in [0.25, 0.3) is 0 Å². The van der Waals surface area contributed by atoms with Crippen molar-refractivity contribution in [3.05, 3.63) is 29.8 Å². The Kier molecular flexibility index (Phi) is 5.84. The molecule has 0 radical (unpaired) electrons. The third-order valence-electron chi connectivity index (χ3n) is 3.65. The van der Waals surface area contributed by atoms with Crippen LogP contribution in [0.5, 0.6) is 5.75 Å². The Bertz CT molecular complexity index is 457. The molecular formula is C15H23ClN2O2. The number of hydrogen-bond acceptors (Lipinski definition) is 3. The van der Waals surface area contributed by atoms with E-state index in [2.05, 4.69) is 10.6 Å². The highest BCUT2D eigenvalue weighted by Gasteiger charge is 2.30. The molecule has 1 aliphatic heterocycles. The summed E-state index contributed by atoms with van der Waals surface area (Å²) in [6.45, 7) is 5.71. The number of amides is 1. The molecule has 0 aliphatic carbocycles. The number of benzene rings is 1. The summed E-state index contributed by atoms with van der Waals surface area (Å²) in [7, 11) is 1.65. The number of halogens is 1. The van der Waals surface area contributed by atoms with Crippen LogP contribution < -0.4 is 15.4 Å². The largest absolute Gasteiger partial charge is 0.496 e. The molecule has 1 aromatic carbocycles. The lowest BCUT2D eigenvalue weighted by Crippen LogP contribution is -2.44. The average molecular weight is 299 g/mol. The van der Waals surface area contributed by atoms with Crippen LogP contribution >= 0.6 is 12.4 Å². The normalized spacial score (nSPS) is 18.2. The van der Waals surface area contributed by atoms with E-state index in [4.69, 9.17) is 4.74 Å².